The van der Waals surface area contributed by atoms with Gasteiger partial charge in [0.1, 0.15) is 10.6 Å². The Labute approximate surface area is 158 Å². The van der Waals surface area contributed by atoms with Crippen molar-refractivity contribution in [1.29, 1.82) is 0 Å². The normalized spacial score (nSPS) is 11.7. The Morgan fingerprint density at radius 3 is 2.44 bits per heavy atom. The van der Waals surface area contributed by atoms with Gasteiger partial charge in [-0.2, -0.15) is 0 Å². The van der Waals surface area contributed by atoms with Gasteiger partial charge in [0, 0.05) is 17.6 Å². The molecule has 0 amide bonds. The largest absolute Gasteiger partial charge is 0.495 e. The molecule has 2 aromatic carbocycles. The molecule has 3 aromatic rings. The summed E-state index contributed by atoms with van der Waals surface area (Å²) in [6, 6.07) is 10.7. The molecular formula is C20H22N2O4S. The van der Waals surface area contributed by atoms with E-state index in [1.54, 1.807) is 18.2 Å². The first-order chi connectivity index (χ1) is 12.7. The van der Waals surface area contributed by atoms with E-state index in [1.807, 2.05) is 39.0 Å². The first-order valence-electron chi connectivity index (χ1n) is 8.49. The Kier molecular flexibility index (Phi) is 5.08. The Morgan fingerprint density at radius 2 is 1.74 bits per heavy atom. The van der Waals surface area contributed by atoms with Gasteiger partial charge in [-0.15, -0.1) is 0 Å². The topological polar surface area (TPSA) is 88.3 Å². The van der Waals surface area contributed by atoms with Crippen molar-refractivity contribution in [3.05, 3.63) is 69.0 Å². The minimum Gasteiger partial charge on any atom is -0.495 e. The lowest BCUT2D eigenvalue weighted by atomic mass is 10.1. The van der Waals surface area contributed by atoms with Crippen LogP contribution in [0.1, 0.15) is 22.3 Å². The van der Waals surface area contributed by atoms with Crippen molar-refractivity contribution < 1.29 is 13.2 Å². The summed E-state index contributed by atoms with van der Waals surface area (Å²) in [5, 5.41) is 0.846. The van der Waals surface area contributed by atoms with Crippen molar-refractivity contribution in [2.75, 3.05) is 7.11 Å². The molecule has 27 heavy (non-hydrogen) atoms. The van der Waals surface area contributed by atoms with Crippen molar-refractivity contribution in [3.8, 4) is 5.75 Å². The summed E-state index contributed by atoms with van der Waals surface area (Å²) in [7, 11) is -2.42. The quantitative estimate of drug-likeness (QED) is 0.706. The molecule has 142 valence electrons. The molecule has 7 heteroatoms. The minimum atomic E-state index is -3.85. The highest BCUT2D eigenvalue weighted by molar-refractivity contribution is 7.89. The molecule has 3 rings (SSSR count). The number of sulfonamides is 1. The van der Waals surface area contributed by atoms with Gasteiger partial charge in [-0.3, -0.25) is 4.79 Å². The molecule has 1 aromatic heterocycles. The number of nitrogens with one attached hydrogen (secondary N) is 2. The Balaban J connectivity index is 1.93. The second kappa shape index (κ2) is 7.17. The molecule has 6 nitrogen and oxygen atoms in total. The first kappa shape index (κ1) is 19.1. The average molecular weight is 386 g/mol. The predicted molar refractivity (Wildman–Crippen MR) is 106 cm³/mol. The Morgan fingerprint density at radius 1 is 1.04 bits per heavy atom. The number of pyridine rings is 1. The number of ether oxygens (including phenoxy) is 1. The average Bonchev–Trinajstić information content (AvgIpc) is 2.61. The predicted octanol–water partition coefficient (Wildman–Crippen LogP) is 2.94. The molecule has 0 atom stereocenters. The zero-order valence-corrected chi connectivity index (χ0v) is 16.5. The van der Waals surface area contributed by atoms with E-state index in [1.165, 1.54) is 7.11 Å². The molecule has 0 saturated heterocycles. The van der Waals surface area contributed by atoms with Crippen molar-refractivity contribution in [2.45, 2.75) is 32.2 Å². The number of benzene rings is 2. The zero-order chi connectivity index (χ0) is 19.8. The maximum atomic E-state index is 12.8. The van der Waals surface area contributed by atoms with Crippen LogP contribution in [0.25, 0.3) is 10.9 Å². The van der Waals surface area contributed by atoms with Crippen LogP contribution in [-0.4, -0.2) is 20.5 Å². The lowest BCUT2D eigenvalue weighted by Gasteiger charge is -2.13. The number of H-pyrrole nitrogens is 1. The number of aromatic nitrogens is 1. The van der Waals surface area contributed by atoms with Crippen molar-refractivity contribution >= 4 is 20.9 Å². The van der Waals surface area contributed by atoms with Gasteiger partial charge in [0.2, 0.25) is 10.0 Å². The minimum absolute atomic E-state index is 0.0564. The lowest BCUT2D eigenvalue weighted by molar-refractivity contribution is 0.401. The number of aromatic amines is 1. The summed E-state index contributed by atoms with van der Waals surface area (Å²) in [6.07, 6.45) is 0. The van der Waals surface area contributed by atoms with Crippen LogP contribution in [0.4, 0.5) is 0 Å². The standard InChI is InChI=1S/C20H22N2O4S/c1-12-5-6-15-10-16(20(23)22-17(15)7-12)11-21-27(24,25)19-9-14(3)13(2)8-18(19)26-4/h5-10,21H,11H2,1-4H3,(H,22,23). The third kappa shape index (κ3) is 3.89. The molecule has 0 aliphatic carbocycles. The van der Waals surface area contributed by atoms with Crippen molar-refractivity contribution in [3.63, 3.8) is 0 Å². The molecule has 0 fully saturated rings. The van der Waals surface area contributed by atoms with Gasteiger partial charge in [0.25, 0.3) is 5.56 Å². The van der Waals surface area contributed by atoms with E-state index >= 15 is 0 Å². The summed E-state index contributed by atoms with van der Waals surface area (Å²) in [5.41, 5.74) is 3.57. The van der Waals surface area contributed by atoms with Crippen LogP contribution in [0, 0.1) is 20.8 Å². The molecule has 0 saturated carbocycles. The summed E-state index contributed by atoms with van der Waals surface area (Å²) < 4.78 is 33.3. The first-order valence-corrected chi connectivity index (χ1v) is 9.97. The van der Waals surface area contributed by atoms with Crippen molar-refractivity contribution in [2.24, 2.45) is 0 Å². The molecule has 0 aliphatic rings. The molecule has 0 aliphatic heterocycles. The smallest absolute Gasteiger partial charge is 0.252 e. The van der Waals surface area contributed by atoms with Gasteiger partial charge in [-0.05, 0) is 67.1 Å². The van der Waals surface area contributed by atoms with Crippen LogP contribution in [0.15, 0.2) is 46.1 Å². The molecule has 1 heterocycles. The Hall–Kier alpha value is -2.64. The molecule has 2 N–H and O–H groups in total. The molecule has 0 spiro atoms. The van der Waals surface area contributed by atoms with E-state index < -0.39 is 10.0 Å². The fourth-order valence-electron chi connectivity index (χ4n) is 2.87. The van der Waals surface area contributed by atoms with E-state index in [4.69, 9.17) is 4.74 Å². The maximum absolute atomic E-state index is 12.8. The number of aryl methyl sites for hydroxylation is 3. The SMILES string of the molecule is COc1cc(C)c(C)cc1S(=O)(=O)NCc1cc2ccc(C)cc2[nH]c1=O. The van der Waals surface area contributed by atoms with Crippen molar-refractivity contribution in [1.82, 2.24) is 9.71 Å². The fraction of sp³-hybridized carbons (Fsp3) is 0.250. The highest BCUT2D eigenvalue weighted by Gasteiger charge is 2.21. The second-order valence-corrected chi connectivity index (χ2v) is 8.36. The van der Waals surface area contributed by atoms with Gasteiger partial charge in [-0.1, -0.05) is 12.1 Å². The van der Waals surface area contributed by atoms with Crippen LogP contribution < -0.4 is 15.0 Å². The van der Waals surface area contributed by atoms with E-state index in [0.717, 1.165) is 27.6 Å². The highest BCUT2D eigenvalue weighted by Crippen LogP contribution is 2.27. The van der Waals surface area contributed by atoms with Gasteiger partial charge >= 0.3 is 0 Å². The third-order valence-electron chi connectivity index (χ3n) is 4.60. The van der Waals surface area contributed by atoms with Gasteiger partial charge in [0.15, 0.2) is 0 Å². The lowest BCUT2D eigenvalue weighted by Crippen LogP contribution is -2.27. The molecule has 0 unspecified atom stereocenters. The maximum Gasteiger partial charge on any atom is 0.252 e. The fourth-order valence-corrected chi connectivity index (χ4v) is 4.11. The third-order valence-corrected chi connectivity index (χ3v) is 6.02. The molecule has 0 bridgehead atoms. The molecule has 0 radical (unpaired) electrons. The number of fused-ring (bicyclic) bond motifs is 1. The second-order valence-electron chi connectivity index (χ2n) is 6.63. The summed E-state index contributed by atoms with van der Waals surface area (Å²) in [4.78, 5) is 15.2. The van der Waals surface area contributed by atoms with Gasteiger partial charge in [0.05, 0.1) is 7.11 Å². The van der Waals surface area contributed by atoms with Crippen LogP contribution >= 0.6 is 0 Å². The number of methoxy groups -OCH3 is 1. The van der Waals surface area contributed by atoms with E-state index in [0.29, 0.717) is 5.56 Å². The summed E-state index contributed by atoms with van der Waals surface area (Å²) >= 11 is 0. The monoisotopic (exact) mass is 386 g/mol. The van der Waals surface area contributed by atoms with Crippen LogP contribution in [0.2, 0.25) is 0 Å². The Bertz CT molecular complexity index is 1180. The summed E-state index contributed by atoms with van der Waals surface area (Å²) in [6.45, 7) is 5.55. The zero-order valence-electron chi connectivity index (χ0n) is 15.7. The van der Waals surface area contributed by atoms with Gasteiger partial charge in [-0.25, -0.2) is 13.1 Å². The van der Waals surface area contributed by atoms with E-state index in [-0.39, 0.29) is 22.7 Å². The number of rotatable bonds is 5. The number of hydrogen-bond acceptors (Lipinski definition) is 4. The van der Waals surface area contributed by atoms with Crippen LogP contribution in [0.5, 0.6) is 5.75 Å². The van der Waals surface area contributed by atoms with E-state index in [2.05, 4.69) is 9.71 Å². The van der Waals surface area contributed by atoms with Gasteiger partial charge < -0.3 is 9.72 Å². The van der Waals surface area contributed by atoms with E-state index in [9.17, 15) is 13.2 Å². The highest BCUT2D eigenvalue weighted by atomic mass is 32.2. The van der Waals surface area contributed by atoms with Crippen LogP contribution in [0.3, 0.4) is 0 Å². The summed E-state index contributed by atoms with van der Waals surface area (Å²) in [5.74, 6) is 0.272. The molecular weight excluding hydrogens is 364 g/mol. The van der Waals surface area contributed by atoms with Crippen LogP contribution in [-0.2, 0) is 16.6 Å². The number of hydrogen-bond donors (Lipinski definition) is 2.